The normalized spacial score (nSPS) is 16.7. The van der Waals surface area contributed by atoms with Crippen molar-refractivity contribution in [3.05, 3.63) is 23.5 Å². The summed E-state index contributed by atoms with van der Waals surface area (Å²) in [5, 5.41) is 3.40. The molecule has 5 heteroatoms. The number of methoxy groups -OCH3 is 1. The number of aromatic nitrogens is 1. The van der Waals surface area contributed by atoms with Gasteiger partial charge < -0.3 is 19.8 Å². The van der Waals surface area contributed by atoms with Crippen LogP contribution in [0.4, 0.5) is 0 Å². The number of nitrogens with one attached hydrogen (secondary N) is 2. The van der Waals surface area contributed by atoms with Gasteiger partial charge in [-0.3, -0.25) is 0 Å². The van der Waals surface area contributed by atoms with Crippen LogP contribution in [0.1, 0.15) is 29.0 Å². The molecule has 18 heavy (non-hydrogen) atoms. The predicted octanol–water partition coefficient (Wildman–Crippen LogP) is 1.32. The van der Waals surface area contributed by atoms with Crippen LogP contribution in [-0.2, 0) is 16.0 Å². The third-order valence-corrected chi connectivity index (χ3v) is 3.24. The van der Waals surface area contributed by atoms with Crippen molar-refractivity contribution >= 4 is 5.97 Å². The van der Waals surface area contributed by atoms with Gasteiger partial charge in [-0.25, -0.2) is 4.79 Å². The van der Waals surface area contributed by atoms with Gasteiger partial charge in [0.1, 0.15) is 5.69 Å². The van der Waals surface area contributed by atoms with Crippen LogP contribution < -0.4 is 5.32 Å². The summed E-state index contributed by atoms with van der Waals surface area (Å²) in [4.78, 5) is 14.3. The van der Waals surface area contributed by atoms with Gasteiger partial charge in [-0.2, -0.15) is 0 Å². The highest BCUT2D eigenvalue weighted by atomic mass is 16.5. The van der Waals surface area contributed by atoms with E-state index in [1.807, 2.05) is 6.07 Å². The van der Waals surface area contributed by atoms with Gasteiger partial charge in [0.2, 0.25) is 0 Å². The van der Waals surface area contributed by atoms with Crippen molar-refractivity contribution < 1.29 is 14.3 Å². The quantitative estimate of drug-likeness (QED) is 0.776. The third-order valence-electron chi connectivity index (χ3n) is 3.24. The second kappa shape index (κ2) is 6.56. The summed E-state index contributed by atoms with van der Waals surface area (Å²) in [7, 11) is 1.38. The van der Waals surface area contributed by atoms with Crippen LogP contribution in [-0.4, -0.2) is 37.8 Å². The molecule has 0 aliphatic carbocycles. The molecule has 0 spiro atoms. The summed E-state index contributed by atoms with van der Waals surface area (Å²) >= 11 is 0. The van der Waals surface area contributed by atoms with Gasteiger partial charge in [0.25, 0.3) is 0 Å². The van der Waals surface area contributed by atoms with Gasteiger partial charge in [0, 0.05) is 25.5 Å². The molecule has 1 aliphatic rings. The SMILES string of the molecule is COC(=O)c1ccc(CNCC2CCOCC2)[nH]1. The van der Waals surface area contributed by atoms with Crippen molar-refractivity contribution in [1.82, 2.24) is 10.3 Å². The standard InChI is InChI=1S/C13H20N2O3/c1-17-13(16)12-3-2-11(15-12)9-14-8-10-4-6-18-7-5-10/h2-3,10,14-15H,4-9H2,1H3. The number of ether oxygens (including phenoxy) is 2. The fraction of sp³-hybridized carbons (Fsp3) is 0.615. The molecular formula is C13H20N2O3. The lowest BCUT2D eigenvalue weighted by Crippen LogP contribution is -2.27. The van der Waals surface area contributed by atoms with Crippen molar-refractivity contribution in [3.8, 4) is 0 Å². The van der Waals surface area contributed by atoms with Crippen molar-refractivity contribution in [1.29, 1.82) is 0 Å². The Hall–Kier alpha value is -1.33. The Morgan fingerprint density at radius 3 is 3.00 bits per heavy atom. The fourth-order valence-corrected chi connectivity index (χ4v) is 2.13. The molecule has 0 aromatic carbocycles. The zero-order chi connectivity index (χ0) is 12.8. The van der Waals surface area contributed by atoms with Gasteiger partial charge in [-0.15, -0.1) is 0 Å². The molecule has 100 valence electrons. The first-order valence-corrected chi connectivity index (χ1v) is 6.34. The maximum absolute atomic E-state index is 11.3. The number of hydrogen-bond donors (Lipinski definition) is 2. The smallest absolute Gasteiger partial charge is 0.354 e. The lowest BCUT2D eigenvalue weighted by atomic mass is 10.0. The number of rotatable bonds is 5. The second-order valence-electron chi connectivity index (χ2n) is 4.58. The number of hydrogen-bond acceptors (Lipinski definition) is 4. The van der Waals surface area contributed by atoms with Gasteiger partial charge in [-0.05, 0) is 37.4 Å². The largest absolute Gasteiger partial charge is 0.464 e. The third kappa shape index (κ3) is 3.58. The topological polar surface area (TPSA) is 63.4 Å². The molecule has 0 amide bonds. The molecule has 0 radical (unpaired) electrons. The number of esters is 1. The first kappa shape index (κ1) is 13.1. The molecule has 2 N–H and O–H groups in total. The highest BCUT2D eigenvalue weighted by Gasteiger charge is 2.13. The highest BCUT2D eigenvalue weighted by molar-refractivity contribution is 5.87. The Morgan fingerprint density at radius 2 is 2.28 bits per heavy atom. The minimum Gasteiger partial charge on any atom is -0.464 e. The summed E-state index contributed by atoms with van der Waals surface area (Å²) in [5.41, 5.74) is 1.50. The van der Waals surface area contributed by atoms with Crippen LogP contribution in [0.5, 0.6) is 0 Å². The summed E-state index contributed by atoms with van der Waals surface area (Å²) in [6.07, 6.45) is 2.26. The number of aromatic amines is 1. The van der Waals surface area contributed by atoms with E-state index in [-0.39, 0.29) is 5.97 Å². The van der Waals surface area contributed by atoms with E-state index in [1.54, 1.807) is 6.07 Å². The zero-order valence-corrected chi connectivity index (χ0v) is 10.7. The maximum Gasteiger partial charge on any atom is 0.354 e. The van der Waals surface area contributed by atoms with Gasteiger partial charge >= 0.3 is 5.97 Å². The van der Waals surface area contributed by atoms with Crippen LogP contribution in [0.15, 0.2) is 12.1 Å². The molecule has 0 bridgehead atoms. The molecule has 0 atom stereocenters. The monoisotopic (exact) mass is 252 g/mol. The summed E-state index contributed by atoms with van der Waals surface area (Å²) in [5.74, 6) is 0.375. The molecule has 1 fully saturated rings. The molecule has 1 aromatic heterocycles. The first-order chi connectivity index (χ1) is 8.79. The van der Waals surface area contributed by atoms with Crippen LogP contribution >= 0.6 is 0 Å². The van der Waals surface area contributed by atoms with Gasteiger partial charge in [0.15, 0.2) is 0 Å². The minimum absolute atomic E-state index is 0.328. The molecule has 1 aliphatic heterocycles. The molecular weight excluding hydrogens is 232 g/mol. The zero-order valence-electron chi connectivity index (χ0n) is 10.7. The van der Waals surface area contributed by atoms with E-state index in [9.17, 15) is 4.79 Å². The lowest BCUT2D eigenvalue weighted by Gasteiger charge is -2.22. The second-order valence-corrected chi connectivity index (χ2v) is 4.58. The van der Waals surface area contributed by atoms with Crippen molar-refractivity contribution in [3.63, 3.8) is 0 Å². The maximum atomic E-state index is 11.3. The molecule has 5 nitrogen and oxygen atoms in total. The number of carbonyl (C=O) groups is 1. The number of carbonyl (C=O) groups excluding carboxylic acids is 1. The average molecular weight is 252 g/mol. The van der Waals surface area contributed by atoms with Gasteiger partial charge in [-0.1, -0.05) is 0 Å². The fourth-order valence-electron chi connectivity index (χ4n) is 2.13. The van der Waals surface area contributed by atoms with Crippen LogP contribution in [0.2, 0.25) is 0 Å². The van der Waals surface area contributed by atoms with Crippen LogP contribution in [0, 0.1) is 5.92 Å². The molecule has 0 unspecified atom stereocenters. The van der Waals surface area contributed by atoms with E-state index in [4.69, 9.17) is 4.74 Å². The Labute approximate surface area is 107 Å². The highest BCUT2D eigenvalue weighted by Crippen LogP contribution is 2.13. The molecule has 1 saturated heterocycles. The van der Waals surface area contributed by atoms with E-state index >= 15 is 0 Å². The Morgan fingerprint density at radius 1 is 1.50 bits per heavy atom. The van der Waals surface area contributed by atoms with Crippen LogP contribution in [0.3, 0.4) is 0 Å². The van der Waals surface area contributed by atoms with Crippen molar-refractivity contribution in [2.24, 2.45) is 5.92 Å². The average Bonchev–Trinajstić information content (AvgIpc) is 2.88. The van der Waals surface area contributed by atoms with E-state index in [1.165, 1.54) is 7.11 Å². The van der Waals surface area contributed by atoms with E-state index < -0.39 is 0 Å². The van der Waals surface area contributed by atoms with E-state index in [0.717, 1.165) is 44.8 Å². The Bertz CT molecular complexity index is 383. The molecule has 2 heterocycles. The first-order valence-electron chi connectivity index (χ1n) is 6.34. The number of H-pyrrole nitrogens is 1. The van der Waals surface area contributed by atoms with Crippen LogP contribution in [0.25, 0.3) is 0 Å². The summed E-state index contributed by atoms with van der Waals surface area (Å²) < 4.78 is 9.97. The predicted molar refractivity (Wildman–Crippen MR) is 67.4 cm³/mol. The Kier molecular flexibility index (Phi) is 4.78. The molecule has 2 rings (SSSR count). The molecule has 1 aromatic rings. The van der Waals surface area contributed by atoms with Gasteiger partial charge in [0.05, 0.1) is 7.11 Å². The summed E-state index contributed by atoms with van der Waals surface area (Å²) in [6, 6.07) is 3.65. The van der Waals surface area contributed by atoms with Crippen molar-refractivity contribution in [2.75, 3.05) is 26.9 Å². The van der Waals surface area contributed by atoms with E-state index in [0.29, 0.717) is 11.6 Å². The minimum atomic E-state index is -0.328. The van der Waals surface area contributed by atoms with E-state index in [2.05, 4.69) is 15.0 Å². The summed E-state index contributed by atoms with van der Waals surface area (Å²) in [6.45, 7) is 3.49. The molecule has 0 saturated carbocycles. The Balaban J connectivity index is 1.72. The lowest BCUT2D eigenvalue weighted by molar-refractivity contribution is 0.0594. The van der Waals surface area contributed by atoms with Crippen molar-refractivity contribution in [2.45, 2.75) is 19.4 Å².